The Kier molecular flexibility index (Phi) is 5.56. The molecule has 11 nitrogen and oxygen atoms in total. The maximum absolute atomic E-state index is 13.6. The van der Waals surface area contributed by atoms with Crippen LogP contribution in [-0.2, 0) is 28.7 Å². The minimum Gasteiger partial charge on any atom is -0.507 e. The van der Waals surface area contributed by atoms with Gasteiger partial charge in [-0.05, 0) is 24.1 Å². The molecule has 1 N–H and O–H groups in total. The highest BCUT2D eigenvalue weighted by molar-refractivity contribution is 6.17. The molecule has 2 aliphatic carbocycles. The first-order chi connectivity index (χ1) is 18.7. The number of rotatable bonds is 1. The highest BCUT2D eigenvalue weighted by Gasteiger charge is 2.64. The first-order valence-electron chi connectivity index (χ1n) is 12.5. The van der Waals surface area contributed by atoms with Crippen LogP contribution in [0.15, 0.2) is 48.0 Å². The quantitative estimate of drug-likeness (QED) is 0.432. The Bertz CT molecular complexity index is 1530. The first-order valence-corrected chi connectivity index (χ1v) is 12.5. The molecule has 11 heteroatoms. The van der Waals surface area contributed by atoms with Gasteiger partial charge in [0.2, 0.25) is 23.6 Å². The van der Waals surface area contributed by atoms with Crippen molar-refractivity contribution in [2.45, 2.75) is 18.8 Å². The van der Waals surface area contributed by atoms with Crippen molar-refractivity contribution in [3.63, 3.8) is 0 Å². The molecule has 2 aromatic carbocycles. The average molecular weight is 533 g/mol. The van der Waals surface area contributed by atoms with Gasteiger partial charge in [0, 0.05) is 16.9 Å². The fourth-order valence-corrected chi connectivity index (χ4v) is 7.00. The van der Waals surface area contributed by atoms with Gasteiger partial charge in [-0.3, -0.25) is 19.2 Å². The molecule has 3 fully saturated rings. The summed E-state index contributed by atoms with van der Waals surface area (Å²) >= 11 is 0. The summed E-state index contributed by atoms with van der Waals surface area (Å²) in [5.41, 5.74) is 0.983. The number of methoxy groups -OCH3 is 2. The third-order valence-corrected chi connectivity index (χ3v) is 8.63. The average Bonchev–Trinajstić information content (AvgIpc) is 3.35. The summed E-state index contributed by atoms with van der Waals surface area (Å²) in [4.78, 5) is 79.3. The van der Waals surface area contributed by atoms with E-state index in [0.29, 0.717) is 26.3 Å². The molecule has 1 saturated carbocycles. The van der Waals surface area contributed by atoms with Crippen LogP contribution >= 0.6 is 0 Å². The van der Waals surface area contributed by atoms with Gasteiger partial charge in [-0.2, -0.15) is 9.80 Å². The SMILES string of the molecule is COC(=O)N1C(=O)C2CC=C3C(CC4C(=O)N(C(=O)OC)C(=O)C4C3c3ccc4ccccc4c3O)C2C1=O. The number of hydrogen-bond donors (Lipinski definition) is 1. The van der Waals surface area contributed by atoms with Gasteiger partial charge in [0.05, 0.1) is 37.9 Å². The van der Waals surface area contributed by atoms with E-state index < -0.39 is 71.3 Å². The second kappa shape index (κ2) is 8.75. The Morgan fingerprint density at radius 2 is 1.41 bits per heavy atom. The van der Waals surface area contributed by atoms with Crippen molar-refractivity contribution in [3.05, 3.63) is 53.6 Å². The van der Waals surface area contributed by atoms with Crippen LogP contribution in [0.5, 0.6) is 5.75 Å². The molecule has 200 valence electrons. The minimum atomic E-state index is -1.11. The predicted molar refractivity (Wildman–Crippen MR) is 132 cm³/mol. The molecule has 2 saturated heterocycles. The molecule has 6 amide bonds. The predicted octanol–water partition coefficient (Wildman–Crippen LogP) is 2.71. The van der Waals surface area contributed by atoms with E-state index >= 15 is 0 Å². The number of phenols is 1. The van der Waals surface area contributed by atoms with E-state index in [1.165, 1.54) is 0 Å². The minimum absolute atomic E-state index is 0.00854. The van der Waals surface area contributed by atoms with Crippen LogP contribution in [0.4, 0.5) is 9.59 Å². The van der Waals surface area contributed by atoms with Gasteiger partial charge in [-0.25, -0.2) is 9.59 Å². The summed E-state index contributed by atoms with van der Waals surface area (Å²) in [5, 5.41) is 12.7. The zero-order valence-electron chi connectivity index (χ0n) is 21.0. The molecule has 0 radical (unpaired) electrons. The normalized spacial score (nSPS) is 29.6. The number of carbonyl (C=O) groups is 6. The van der Waals surface area contributed by atoms with Crippen LogP contribution < -0.4 is 0 Å². The summed E-state index contributed by atoms with van der Waals surface area (Å²) in [6, 6.07) is 10.6. The molecule has 2 aliphatic heterocycles. The zero-order chi connectivity index (χ0) is 27.7. The van der Waals surface area contributed by atoms with Gasteiger partial charge in [-0.1, -0.05) is 48.0 Å². The smallest absolute Gasteiger partial charge is 0.423 e. The maximum Gasteiger partial charge on any atom is 0.423 e. The monoisotopic (exact) mass is 532 g/mol. The van der Waals surface area contributed by atoms with Crippen molar-refractivity contribution < 1.29 is 43.3 Å². The van der Waals surface area contributed by atoms with Crippen molar-refractivity contribution in [3.8, 4) is 5.75 Å². The fraction of sp³-hybridized carbons (Fsp3) is 0.357. The van der Waals surface area contributed by atoms with E-state index in [0.717, 1.165) is 19.6 Å². The zero-order valence-corrected chi connectivity index (χ0v) is 21.0. The third-order valence-electron chi connectivity index (χ3n) is 8.63. The maximum atomic E-state index is 13.6. The number of ether oxygens (including phenoxy) is 2. The lowest BCUT2D eigenvalue weighted by atomic mass is 9.57. The van der Waals surface area contributed by atoms with Gasteiger partial charge in [0.25, 0.3) is 0 Å². The van der Waals surface area contributed by atoms with E-state index in [4.69, 9.17) is 4.74 Å². The van der Waals surface area contributed by atoms with Crippen LogP contribution in [0.3, 0.4) is 0 Å². The number of carbonyl (C=O) groups excluding carboxylic acids is 6. The van der Waals surface area contributed by atoms with Gasteiger partial charge < -0.3 is 14.6 Å². The van der Waals surface area contributed by atoms with E-state index in [1.54, 1.807) is 30.3 Å². The van der Waals surface area contributed by atoms with E-state index in [1.807, 2.05) is 12.1 Å². The Morgan fingerprint density at radius 3 is 2.08 bits per heavy atom. The topological polar surface area (TPSA) is 148 Å². The molecule has 2 aromatic rings. The third kappa shape index (κ3) is 3.28. The number of allylic oxidation sites excluding steroid dienone is 2. The molecular weight excluding hydrogens is 508 g/mol. The number of nitrogens with zero attached hydrogens (tertiary/aromatic N) is 2. The molecular formula is C28H24N2O9. The number of phenolic OH excluding ortho intramolecular Hbond substituents is 1. The highest BCUT2D eigenvalue weighted by Crippen LogP contribution is 2.59. The van der Waals surface area contributed by atoms with Gasteiger partial charge in [0.15, 0.2) is 0 Å². The lowest BCUT2D eigenvalue weighted by Gasteiger charge is -2.44. The Hall–Kier alpha value is -4.54. The van der Waals surface area contributed by atoms with Gasteiger partial charge in [0.1, 0.15) is 5.75 Å². The van der Waals surface area contributed by atoms with Crippen LogP contribution in [0.1, 0.15) is 24.3 Å². The Morgan fingerprint density at radius 1 is 0.795 bits per heavy atom. The lowest BCUT2D eigenvalue weighted by molar-refractivity contribution is -0.139. The number of hydrogen-bond acceptors (Lipinski definition) is 9. The summed E-state index contributed by atoms with van der Waals surface area (Å²) < 4.78 is 9.36. The summed E-state index contributed by atoms with van der Waals surface area (Å²) in [7, 11) is 2.14. The number of amides is 6. The van der Waals surface area contributed by atoms with Crippen molar-refractivity contribution in [1.82, 2.24) is 9.80 Å². The van der Waals surface area contributed by atoms with E-state index in [-0.39, 0.29) is 18.6 Å². The van der Waals surface area contributed by atoms with Crippen LogP contribution in [0.25, 0.3) is 10.8 Å². The van der Waals surface area contributed by atoms with Crippen molar-refractivity contribution >= 4 is 46.6 Å². The standard InChI is InChI=1S/C28H24N2O9/c1-38-27(36)29-23(32)16-10-9-14-17(20(16)25(29)34)11-18-21(26(35)30(24(18)33)28(37)39-2)19(14)15-8-7-12-5-3-4-6-13(12)22(15)31/h3-9,16-21,31H,10-11H2,1-2H3. The number of aromatic hydroxyl groups is 1. The second-order valence-electron chi connectivity index (χ2n) is 10.2. The fourth-order valence-electron chi connectivity index (χ4n) is 7.00. The van der Waals surface area contributed by atoms with Crippen molar-refractivity contribution in [2.24, 2.45) is 29.6 Å². The molecule has 0 aromatic heterocycles. The lowest BCUT2D eigenvalue weighted by Crippen LogP contribution is -2.43. The van der Waals surface area contributed by atoms with E-state index in [2.05, 4.69) is 4.74 Å². The number of imide groups is 6. The molecule has 0 spiro atoms. The summed E-state index contributed by atoms with van der Waals surface area (Å²) in [6.07, 6.45) is -0.290. The molecule has 6 unspecified atom stereocenters. The number of benzene rings is 2. The molecule has 6 atom stereocenters. The summed E-state index contributed by atoms with van der Waals surface area (Å²) in [5.74, 6) is -8.39. The largest absolute Gasteiger partial charge is 0.507 e. The van der Waals surface area contributed by atoms with Crippen molar-refractivity contribution in [1.29, 1.82) is 0 Å². The van der Waals surface area contributed by atoms with Crippen molar-refractivity contribution in [2.75, 3.05) is 14.2 Å². The molecule has 4 aliphatic rings. The van der Waals surface area contributed by atoms with Gasteiger partial charge in [-0.15, -0.1) is 0 Å². The van der Waals surface area contributed by atoms with Crippen LogP contribution in [0.2, 0.25) is 0 Å². The van der Waals surface area contributed by atoms with Crippen LogP contribution in [0, 0.1) is 29.6 Å². The Labute approximate surface area is 221 Å². The summed E-state index contributed by atoms with van der Waals surface area (Å²) in [6.45, 7) is 0. The second-order valence-corrected chi connectivity index (χ2v) is 10.2. The number of fused-ring (bicyclic) bond motifs is 5. The first kappa shape index (κ1) is 24.8. The number of likely N-dealkylation sites (tertiary alicyclic amines) is 2. The molecule has 2 heterocycles. The van der Waals surface area contributed by atoms with Crippen LogP contribution in [-0.4, -0.2) is 64.9 Å². The molecule has 0 bridgehead atoms. The Balaban J connectivity index is 1.53. The van der Waals surface area contributed by atoms with E-state index in [9.17, 15) is 33.9 Å². The molecule has 6 rings (SSSR count). The highest BCUT2D eigenvalue weighted by atomic mass is 16.5. The van der Waals surface area contributed by atoms with Gasteiger partial charge >= 0.3 is 12.2 Å². The molecule has 39 heavy (non-hydrogen) atoms.